The van der Waals surface area contributed by atoms with E-state index in [4.69, 9.17) is 9.47 Å². The molecule has 1 saturated heterocycles. The summed E-state index contributed by atoms with van der Waals surface area (Å²) in [6, 6.07) is 6.19. The third kappa shape index (κ3) is 3.97. The number of benzene rings is 1. The molecule has 3 nitrogen and oxygen atoms in total. The molecule has 0 radical (unpaired) electrons. The number of methoxy groups -OCH3 is 1. The van der Waals surface area contributed by atoms with E-state index in [-0.39, 0.29) is 0 Å². The van der Waals surface area contributed by atoms with Crippen molar-refractivity contribution in [3.05, 3.63) is 28.2 Å². The van der Waals surface area contributed by atoms with Gasteiger partial charge in [-0.1, -0.05) is 6.07 Å². The third-order valence-electron chi connectivity index (χ3n) is 3.30. The quantitative estimate of drug-likeness (QED) is 0.819. The highest BCUT2D eigenvalue weighted by molar-refractivity contribution is 9.10. The molecular formula is C14H20BrNO2. The molecule has 2 rings (SSSR count). The highest BCUT2D eigenvalue weighted by Gasteiger charge is 2.14. The molecule has 1 N–H and O–H groups in total. The Morgan fingerprint density at radius 2 is 2.39 bits per heavy atom. The molecule has 0 aromatic heterocycles. The lowest BCUT2D eigenvalue weighted by Gasteiger charge is -2.10. The van der Waals surface area contributed by atoms with Gasteiger partial charge in [0.05, 0.1) is 11.6 Å². The number of nitrogens with one attached hydrogen (secondary N) is 1. The van der Waals surface area contributed by atoms with Gasteiger partial charge in [-0.15, -0.1) is 0 Å². The zero-order valence-corrected chi connectivity index (χ0v) is 12.3. The van der Waals surface area contributed by atoms with Crippen molar-refractivity contribution in [3.63, 3.8) is 0 Å². The number of ether oxygens (including phenoxy) is 2. The van der Waals surface area contributed by atoms with Crippen LogP contribution in [-0.4, -0.2) is 26.9 Å². The van der Waals surface area contributed by atoms with E-state index >= 15 is 0 Å². The van der Waals surface area contributed by atoms with Crippen molar-refractivity contribution in [1.82, 2.24) is 5.32 Å². The summed E-state index contributed by atoms with van der Waals surface area (Å²) in [5.74, 6) is 1.63. The summed E-state index contributed by atoms with van der Waals surface area (Å²) in [5, 5.41) is 3.48. The molecule has 4 heteroatoms. The molecule has 0 bridgehead atoms. The van der Waals surface area contributed by atoms with E-state index in [9.17, 15) is 0 Å². The van der Waals surface area contributed by atoms with Crippen LogP contribution in [0.1, 0.15) is 18.4 Å². The standard InChI is InChI=1S/C14H20BrNO2/c1-17-14-3-2-12(8-13(14)15)9-16-6-4-11-5-7-18-10-11/h2-3,8,11,16H,4-7,9-10H2,1H3. The van der Waals surface area contributed by atoms with Gasteiger partial charge in [0, 0.05) is 19.8 Å². The molecule has 0 aliphatic carbocycles. The van der Waals surface area contributed by atoms with Crippen LogP contribution in [0, 0.1) is 5.92 Å². The fourth-order valence-electron chi connectivity index (χ4n) is 2.17. The predicted octanol–water partition coefficient (Wildman–Crippen LogP) is 2.97. The van der Waals surface area contributed by atoms with Crippen LogP contribution in [0.3, 0.4) is 0 Å². The van der Waals surface area contributed by atoms with Crippen molar-refractivity contribution >= 4 is 15.9 Å². The van der Waals surface area contributed by atoms with Crippen LogP contribution in [0.4, 0.5) is 0 Å². The first-order valence-corrected chi connectivity index (χ1v) is 7.20. The highest BCUT2D eigenvalue weighted by atomic mass is 79.9. The first-order chi connectivity index (χ1) is 8.79. The number of hydrogen-bond donors (Lipinski definition) is 1. The number of halogens is 1. The van der Waals surface area contributed by atoms with Gasteiger partial charge in [-0.25, -0.2) is 0 Å². The van der Waals surface area contributed by atoms with E-state index in [1.165, 1.54) is 18.4 Å². The summed E-state index contributed by atoms with van der Waals surface area (Å²) in [4.78, 5) is 0. The highest BCUT2D eigenvalue weighted by Crippen LogP contribution is 2.25. The summed E-state index contributed by atoms with van der Waals surface area (Å²) >= 11 is 3.50. The summed E-state index contributed by atoms with van der Waals surface area (Å²) in [6.45, 7) is 3.83. The minimum Gasteiger partial charge on any atom is -0.496 e. The van der Waals surface area contributed by atoms with Crippen molar-refractivity contribution in [1.29, 1.82) is 0 Å². The van der Waals surface area contributed by atoms with Gasteiger partial charge < -0.3 is 14.8 Å². The minimum atomic E-state index is 0.750. The fraction of sp³-hybridized carbons (Fsp3) is 0.571. The van der Waals surface area contributed by atoms with E-state index in [0.717, 1.165) is 42.4 Å². The average Bonchev–Trinajstić information content (AvgIpc) is 2.88. The van der Waals surface area contributed by atoms with Crippen molar-refractivity contribution in [3.8, 4) is 5.75 Å². The largest absolute Gasteiger partial charge is 0.496 e. The van der Waals surface area contributed by atoms with Gasteiger partial charge >= 0.3 is 0 Å². The lowest BCUT2D eigenvalue weighted by Crippen LogP contribution is -2.18. The molecule has 1 aromatic carbocycles. The van der Waals surface area contributed by atoms with Crippen molar-refractivity contribution in [2.45, 2.75) is 19.4 Å². The van der Waals surface area contributed by atoms with Crippen molar-refractivity contribution in [2.75, 3.05) is 26.9 Å². The van der Waals surface area contributed by atoms with Crippen LogP contribution >= 0.6 is 15.9 Å². The maximum atomic E-state index is 5.37. The summed E-state index contributed by atoms with van der Waals surface area (Å²) in [7, 11) is 1.68. The van der Waals surface area contributed by atoms with E-state index in [1.54, 1.807) is 7.11 Å². The zero-order chi connectivity index (χ0) is 12.8. The van der Waals surface area contributed by atoms with Crippen LogP contribution in [-0.2, 0) is 11.3 Å². The first kappa shape index (κ1) is 13.8. The van der Waals surface area contributed by atoms with Gasteiger partial charge in [0.2, 0.25) is 0 Å². The van der Waals surface area contributed by atoms with Crippen molar-refractivity contribution < 1.29 is 9.47 Å². The Bertz CT molecular complexity index is 378. The van der Waals surface area contributed by atoms with Gasteiger partial charge in [0.15, 0.2) is 0 Å². The molecule has 0 amide bonds. The normalized spacial score (nSPS) is 19.1. The summed E-state index contributed by atoms with van der Waals surface area (Å²) in [5.41, 5.74) is 1.27. The van der Waals surface area contributed by atoms with Crippen molar-refractivity contribution in [2.24, 2.45) is 5.92 Å². The Morgan fingerprint density at radius 1 is 1.50 bits per heavy atom. The molecule has 1 fully saturated rings. The molecule has 100 valence electrons. The Morgan fingerprint density at radius 3 is 3.06 bits per heavy atom. The number of hydrogen-bond acceptors (Lipinski definition) is 3. The Hall–Kier alpha value is -0.580. The van der Waals surface area contributed by atoms with Crippen LogP contribution in [0.25, 0.3) is 0 Å². The predicted molar refractivity (Wildman–Crippen MR) is 75.9 cm³/mol. The molecule has 0 saturated carbocycles. The van der Waals surface area contributed by atoms with Crippen LogP contribution in [0.15, 0.2) is 22.7 Å². The molecule has 1 aliphatic heterocycles. The maximum absolute atomic E-state index is 5.37. The monoisotopic (exact) mass is 313 g/mol. The van der Waals surface area contributed by atoms with Gasteiger partial charge in [0.1, 0.15) is 5.75 Å². The lowest BCUT2D eigenvalue weighted by atomic mass is 10.1. The molecule has 1 aromatic rings. The molecule has 0 spiro atoms. The minimum absolute atomic E-state index is 0.750. The first-order valence-electron chi connectivity index (χ1n) is 6.40. The number of rotatable bonds is 6. The molecule has 1 heterocycles. The molecule has 18 heavy (non-hydrogen) atoms. The Kier molecular flexibility index (Phi) is 5.47. The second-order valence-corrected chi connectivity index (χ2v) is 5.52. The average molecular weight is 314 g/mol. The lowest BCUT2D eigenvalue weighted by molar-refractivity contribution is 0.184. The second kappa shape index (κ2) is 7.12. The van der Waals surface area contributed by atoms with Crippen LogP contribution in [0.5, 0.6) is 5.75 Å². The summed E-state index contributed by atoms with van der Waals surface area (Å²) in [6.07, 6.45) is 2.42. The van der Waals surface area contributed by atoms with E-state index in [2.05, 4.69) is 33.4 Å². The van der Waals surface area contributed by atoms with E-state index in [0.29, 0.717) is 0 Å². The maximum Gasteiger partial charge on any atom is 0.133 e. The van der Waals surface area contributed by atoms with Crippen LogP contribution in [0.2, 0.25) is 0 Å². The van der Waals surface area contributed by atoms with Gasteiger partial charge in [-0.3, -0.25) is 0 Å². The van der Waals surface area contributed by atoms with E-state index < -0.39 is 0 Å². The smallest absolute Gasteiger partial charge is 0.133 e. The second-order valence-electron chi connectivity index (χ2n) is 4.66. The SMILES string of the molecule is COc1ccc(CNCCC2CCOC2)cc1Br. The topological polar surface area (TPSA) is 30.5 Å². The van der Waals surface area contributed by atoms with Gasteiger partial charge in [-0.2, -0.15) is 0 Å². The molecule has 1 aliphatic rings. The molecule has 1 unspecified atom stereocenters. The Labute approximate surface area is 117 Å². The van der Waals surface area contributed by atoms with Crippen LogP contribution < -0.4 is 10.1 Å². The Balaban J connectivity index is 1.71. The van der Waals surface area contributed by atoms with E-state index in [1.807, 2.05) is 6.07 Å². The third-order valence-corrected chi connectivity index (χ3v) is 3.92. The molecular weight excluding hydrogens is 294 g/mol. The van der Waals surface area contributed by atoms with Gasteiger partial charge in [-0.05, 0) is 58.9 Å². The summed E-state index contributed by atoms with van der Waals surface area (Å²) < 4.78 is 11.6. The fourth-order valence-corrected chi connectivity index (χ4v) is 2.76. The zero-order valence-electron chi connectivity index (χ0n) is 10.7. The molecule has 1 atom stereocenters. The van der Waals surface area contributed by atoms with Gasteiger partial charge in [0.25, 0.3) is 0 Å².